The van der Waals surface area contributed by atoms with Gasteiger partial charge in [-0.05, 0) is 53.2 Å². The van der Waals surface area contributed by atoms with Gasteiger partial charge in [0.05, 0.1) is 20.5 Å². The number of hydrogen-bond donors (Lipinski definition) is 1. The van der Waals surface area contributed by atoms with E-state index in [2.05, 4.69) is 34.2 Å². The summed E-state index contributed by atoms with van der Waals surface area (Å²) in [5.41, 5.74) is 0.896. The van der Waals surface area contributed by atoms with Gasteiger partial charge in [-0.1, -0.05) is 23.2 Å². The van der Waals surface area contributed by atoms with Gasteiger partial charge in [-0.2, -0.15) is 0 Å². The molecule has 0 saturated carbocycles. The minimum atomic E-state index is 0.213. The molecule has 0 aliphatic carbocycles. The van der Waals surface area contributed by atoms with Crippen LogP contribution in [-0.2, 0) is 0 Å². The molecule has 0 amide bonds. The van der Waals surface area contributed by atoms with Crippen LogP contribution in [0, 0.1) is 0 Å². The predicted octanol–water partition coefficient (Wildman–Crippen LogP) is 5.99. The van der Waals surface area contributed by atoms with Crippen molar-refractivity contribution in [1.29, 1.82) is 0 Å². The second-order valence-electron chi connectivity index (χ2n) is 3.63. The van der Waals surface area contributed by atoms with Gasteiger partial charge in [0.15, 0.2) is 0 Å². The minimum absolute atomic E-state index is 0.213. The maximum atomic E-state index is 6.11. The van der Waals surface area contributed by atoms with Crippen LogP contribution in [0.15, 0.2) is 34.1 Å². The molecule has 0 saturated heterocycles. The average Bonchev–Trinajstić information content (AvgIpc) is 2.69. The lowest BCUT2D eigenvalue weighted by Gasteiger charge is -2.15. The Labute approximate surface area is 123 Å². The number of halogens is 3. The SMILES string of the molecule is CC(Nc1ccc(Cl)cc1Cl)c1ccc(Br)s1. The molecule has 1 nitrogen and oxygen atoms in total. The summed E-state index contributed by atoms with van der Waals surface area (Å²) in [5.74, 6) is 0. The van der Waals surface area contributed by atoms with Crippen molar-refractivity contribution in [3.63, 3.8) is 0 Å². The highest BCUT2D eigenvalue weighted by Crippen LogP contribution is 2.32. The molecule has 0 aliphatic heterocycles. The first-order chi connectivity index (χ1) is 8.06. The third kappa shape index (κ3) is 3.38. The second kappa shape index (κ2) is 5.61. The average molecular weight is 351 g/mol. The molecule has 1 heterocycles. The van der Waals surface area contributed by atoms with Crippen LogP contribution in [0.5, 0.6) is 0 Å². The van der Waals surface area contributed by atoms with Crippen molar-refractivity contribution in [1.82, 2.24) is 0 Å². The van der Waals surface area contributed by atoms with Crippen molar-refractivity contribution in [2.24, 2.45) is 0 Å². The highest BCUT2D eigenvalue weighted by atomic mass is 79.9. The van der Waals surface area contributed by atoms with Crippen molar-refractivity contribution in [3.05, 3.63) is 49.0 Å². The molecular weight excluding hydrogens is 341 g/mol. The normalized spacial score (nSPS) is 12.5. The summed E-state index contributed by atoms with van der Waals surface area (Å²) in [5, 5.41) is 4.65. The second-order valence-corrected chi connectivity index (χ2v) is 6.97. The zero-order chi connectivity index (χ0) is 12.4. The van der Waals surface area contributed by atoms with Crippen LogP contribution in [0.1, 0.15) is 17.8 Å². The van der Waals surface area contributed by atoms with E-state index in [1.54, 1.807) is 17.4 Å². The van der Waals surface area contributed by atoms with Crippen molar-refractivity contribution in [2.75, 3.05) is 5.32 Å². The smallest absolute Gasteiger partial charge is 0.0702 e. The molecular formula is C12H10BrCl2NS. The highest BCUT2D eigenvalue weighted by molar-refractivity contribution is 9.11. The Bertz CT molecular complexity index is 527. The van der Waals surface area contributed by atoms with Gasteiger partial charge in [-0.25, -0.2) is 0 Å². The predicted molar refractivity (Wildman–Crippen MR) is 80.5 cm³/mol. The standard InChI is InChI=1S/C12H10BrCl2NS/c1-7(11-4-5-12(13)17-11)16-10-3-2-8(14)6-9(10)15/h2-7,16H,1H3. The largest absolute Gasteiger partial charge is 0.376 e. The molecule has 0 bridgehead atoms. The van der Waals surface area contributed by atoms with E-state index >= 15 is 0 Å². The van der Waals surface area contributed by atoms with Crippen molar-refractivity contribution in [3.8, 4) is 0 Å². The fourth-order valence-electron chi connectivity index (χ4n) is 1.47. The van der Waals surface area contributed by atoms with Crippen LogP contribution in [0.3, 0.4) is 0 Å². The number of anilines is 1. The van der Waals surface area contributed by atoms with Gasteiger partial charge in [0.25, 0.3) is 0 Å². The maximum absolute atomic E-state index is 6.11. The van der Waals surface area contributed by atoms with E-state index in [4.69, 9.17) is 23.2 Å². The molecule has 1 aromatic heterocycles. The van der Waals surface area contributed by atoms with Gasteiger partial charge in [0, 0.05) is 9.90 Å². The summed E-state index contributed by atoms with van der Waals surface area (Å²) < 4.78 is 1.13. The lowest BCUT2D eigenvalue weighted by atomic mass is 10.2. The summed E-state index contributed by atoms with van der Waals surface area (Å²) in [4.78, 5) is 1.25. The van der Waals surface area contributed by atoms with E-state index in [9.17, 15) is 0 Å². The number of benzene rings is 1. The number of rotatable bonds is 3. The van der Waals surface area contributed by atoms with E-state index in [1.807, 2.05) is 18.2 Å². The summed E-state index contributed by atoms with van der Waals surface area (Å²) in [6.07, 6.45) is 0. The van der Waals surface area contributed by atoms with Crippen LogP contribution in [-0.4, -0.2) is 0 Å². The molecule has 0 aliphatic rings. The summed E-state index contributed by atoms with van der Waals surface area (Å²) >= 11 is 17.1. The van der Waals surface area contributed by atoms with Crippen LogP contribution in [0.2, 0.25) is 10.0 Å². The molecule has 1 atom stereocenters. The first-order valence-corrected chi connectivity index (χ1v) is 7.39. The first kappa shape index (κ1) is 13.2. The summed E-state index contributed by atoms with van der Waals surface area (Å²) in [6, 6.07) is 9.81. The molecule has 1 unspecified atom stereocenters. The topological polar surface area (TPSA) is 12.0 Å². The summed E-state index contributed by atoms with van der Waals surface area (Å²) in [7, 11) is 0. The Balaban J connectivity index is 2.15. The lowest BCUT2D eigenvalue weighted by molar-refractivity contribution is 0.908. The van der Waals surface area contributed by atoms with E-state index in [0.29, 0.717) is 10.0 Å². The molecule has 2 aromatic rings. The molecule has 0 radical (unpaired) electrons. The third-order valence-corrected chi connectivity index (χ3v) is 4.68. The first-order valence-electron chi connectivity index (χ1n) is 5.03. The Morgan fingerprint density at radius 1 is 1.24 bits per heavy atom. The van der Waals surface area contributed by atoms with Gasteiger partial charge in [0.1, 0.15) is 0 Å². The van der Waals surface area contributed by atoms with Crippen molar-refractivity contribution >= 4 is 56.2 Å². The fourth-order valence-corrected chi connectivity index (χ4v) is 3.36. The van der Waals surface area contributed by atoms with Gasteiger partial charge < -0.3 is 5.32 Å². The quantitative estimate of drug-likeness (QED) is 0.716. The van der Waals surface area contributed by atoms with Crippen molar-refractivity contribution in [2.45, 2.75) is 13.0 Å². The van der Waals surface area contributed by atoms with Gasteiger partial charge in [-0.3, -0.25) is 0 Å². The minimum Gasteiger partial charge on any atom is -0.376 e. The van der Waals surface area contributed by atoms with Crippen LogP contribution in [0.25, 0.3) is 0 Å². The molecule has 5 heteroatoms. The Morgan fingerprint density at radius 2 is 2.00 bits per heavy atom. The number of nitrogens with one attached hydrogen (secondary N) is 1. The van der Waals surface area contributed by atoms with Gasteiger partial charge in [-0.15, -0.1) is 11.3 Å². The Morgan fingerprint density at radius 3 is 2.59 bits per heavy atom. The lowest BCUT2D eigenvalue weighted by Crippen LogP contribution is -2.04. The van der Waals surface area contributed by atoms with Gasteiger partial charge in [0.2, 0.25) is 0 Å². The van der Waals surface area contributed by atoms with Crippen LogP contribution in [0.4, 0.5) is 5.69 Å². The van der Waals surface area contributed by atoms with Gasteiger partial charge >= 0.3 is 0 Å². The number of thiophene rings is 1. The molecule has 90 valence electrons. The van der Waals surface area contributed by atoms with E-state index in [0.717, 1.165) is 9.47 Å². The molecule has 0 fully saturated rings. The number of hydrogen-bond acceptors (Lipinski definition) is 2. The molecule has 2 rings (SSSR count). The van der Waals surface area contributed by atoms with Crippen molar-refractivity contribution < 1.29 is 0 Å². The zero-order valence-corrected chi connectivity index (χ0v) is 12.9. The Kier molecular flexibility index (Phi) is 4.36. The summed E-state index contributed by atoms with van der Waals surface area (Å²) in [6.45, 7) is 2.10. The fraction of sp³-hybridized carbons (Fsp3) is 0.167. The Hall–Kier alpha value is -0.220. The third-order valence-electron chi connectivity index (χ3n) is 2.32. The van der Waals surface area contributed by atoms with E-state index < -0.39 is 0 Å². The highest BCUT2D eigenvalue weighted by Gasteiger charge is 2.09. The molecule has 1 aromatic carbocycles. The monoisotopic (exact) mass is 349 g/mol. The van der Waals surface area contributed by atoms with Crippen LogP contribution < -0.4 is 5.32 Å². The molecule has 0 spiro atoms. The van der Waals surface area contributed by atoms with E-state index in [1.165, 1.54) is 4.88 Å². The van der Waals surface area contributed by atoms with Crippen LogP contribution >= 0.6 is 50.5 Å². The zero-order valence-electron chi connectivity index (χ0n) is 9.01. The molecule has 1 N–H and O–H groups in total. The molecule has 17 heavy (non-hydrogen) atoms. The van der Waals surface area contributed by atoms with E-state index in [-0.39, 0.29) is 6.04 Å². The maximum Gasteiger partial charge on any atom is 0.0702 e.